The zero-order valence-electron chi connectivity index (χ0n) is 15.6. The van der Waals surface area contributed by atoms with Crippen LogP contribution in [0.3, 0.4) is 0 Å². The number of carbonyl (C=O) groups is 1. The Hall–Kier alpha value is -2.61. The molecule has 3 rings (SSSR count). The van der Waals surface area contributed by atoms with Crippen LogP contribution in [-0.2, 0) is 16.4 Å². The van der Waals surface area contributed by atoms with Gasteiger partial charge in [-0.25, -0.2) is 17.6 Å². The maximum Gasteiger partial charge on any atom is 0.317 e. The number of carbonyl (C=O) groups excluding carboxylic acids is 1. The maximum atomic E-state index is 13.0. The molecule has 1 aliphatic heterocycles. The molecule has 1 fully saturated rings. The summed E-state index contributed by atoms with van der Waals surface area (Å²) in [5.74, 6) is 0.279. The number of likely N-dealkylation sites (tertiary alicyclic amines) is 1. The first kappa shape index (κ1) is 20.1. The first-order valence-corrected chi connectivity index (χ1v) is 10.6. The summed E-state index contributed by atoms with van der Waals surface area (Å²) >= 11 is 0. The van der Waals surface area contributed by atoms with Gasteiger partial charge in [-0.05, 0) is 54.8 Å². The van der Waals surface area contributed by atoms with Crippen LogP contribution in [0.25, 0.3) is 0 Å². The van der Waals surface area contributed by atoms with E-state index in [1.807, 2.05) is 24.3 Å². The number of sulfone groups is 1. The summed E-state index contributed by atoms with van der Waals surface area (Å²) in [7, 11) is -1.93. The number of urea groups is 1. The summed E-state index contributed by atoms with van der Waals surface area (Å²) in [6.45, 7) is 1.11. The molecule has 0 atom stereocenters. The van der Waals surface area contributed by atoms with Crippen molar-refractivity contribution in [3.8, 4) is 5.75 Å². The van der Waals surface area contributed by atoms with Crippen molar-refractivity contribution in [1.29, 1.82) is 0 Å². The van der Waals surface area contributed by atoms with E-state index in [9.17, 15) is 17.6 Å². The second kappa shape index (κ2) is 8.60. The number of amides is 2. The van der Waals surface area contributed by atoms with Crippen molar-refractivity contribution in [3.63, 3.8) is 0 Å². The van der Waals surface area contributed by atoms with E-state index in [0.29, 0.717) is 32.5 Å². The lowest BCUT2D eigenvalue weighted by atomic mass is 10.1. The lowest BCUT2D eigenvalue weighted by Crippen LogP contribution is -2.46. The van der Waals surface area contributed by atoms with E-state index in [1.165, 1.54) is 12.1 Å². The Labute approximate surface area is 164 Å². The van der Waals surface area contributed by atoms with Crippen LogP contribution in [0.15, 0.2) is 53.4 Å². The highest BCUT2D eigenvalue weighted by Crippen LogP contribution is 2.25. The van der Waals surface area contributed by atoms with Gasteiger partial charge in [0, 0.05) is 19.6 Å². The molecule has 6 nitrogen and oxygen atoms in total. The molecule has 150 valence electrons. The smallest absolute Gasteiger partial charge is 0.317 e. The van der Waals surface area contributed by atoms with Gasteiger partial charge in [0.25, 0.3) is 0 Å². The molecular formula is C20H23FN2O4S. The largest absolute Gasteiger partial charge is 0.497 e. The summed E-state index contributed by atoms with van der Waals surface area (Å²) in [5.41, 5.74) is 0.947. The van der Waals surface area contributed by atoms with Crippen molar-refractivity contribution in [2.75, 3.05) is 20.2 Å². The molecule has 0 spiro atoms. The Balaban J connectivity index is 1.52. The number of hydrogen-bond donors (Lipinski definition) is 1. The molecule has 1 heterocycles. The lowest BCUT2D eigenvalue weighted by Gasteiger charge is -2.31. The van der Waals surface area contributed by atoms with Crippen LogP contribution in [-0.4, -0.2) is 44.8 Å². The van der Waals surface area contributed by atoms with E-state index in [-0.39, 0.29) is 10.9 Å². The second-order valence-corrected chi connectivity index (χ2v) is 8.92. The van der Waals surface area contributed by atoms with Gasteiger partial charge in [0.05, 0.1) is 17.3 Å². The number of piperidine rings is 1. The van der Waals surface area contributed by atoms with E-state index in [4.69, 9.17) is 4.74 Å². The Morgan fingerprint density at radius 2 is 1.71 bits per heavy atom. The molecule has 0 aliphatic carbocycles. The standard InChI is InChI=1S/C20H23FN2O4S/c1-27-17-6-2-15(3-7-17)14-22-20(24)23-12-10-19(11-13-23)28(25,26)18-8-4-16(21)5-9-18/h2-9,19H,10-14H2,1H3,(H,22,24). The van der Waals surface area contributed by atoms with Crippen LogP contribution < -0.4 is 10.1 Å². The van der Waals surface area contributed by atoms with Crippen LogP contribution in [0.5, 0.6) is 5.75 Å². The minimum absolute atomic E-state index is 0.122. The molecule has 1 saturated heterocycles. The van der Waals surface area contributed by atoms with Crippen molar-refractivity contribution < 1.29 is 22.3 Å². The van der Waals surface area contributed by atoms with Gasteiger partial charge >= 0.3 is 6.03 Å². The molecular weight excluding hydrogens is 383 g/mol. The zero-order chi connectivity index (χ0) is 20.1. The molecule has 0 bridgehead atoms. The molecule has 2 aromatic carbocycles. The van der Waals surface area contributed by atoms with Crippen LogP contribution in [0.1, 0.15) is 18.4 Å². The van der Waals surface area contributed by atoms with E-state index in [1.54, 1.807) is 12.0 Å². The normalized spacial score (nSPS) is 15.3. The van der Waals surface area contributed by atoms with Gasteiger partial charge in [0.1, 0.15) is 11.6 Å². The number of nitrogens with one attached hydrogen (secondary N) is 1. The molecule has 0 saturated carbocycles. The minimum atomic E-state index is -3.53. The van der Waals surface area contributed by atoms with Gasteiger partial charge in [-0.15, -0.1) is 0 Å². The highest BCUT2D eigenvalue weighted by molar-refractivity contribution is 7.92. The highest BCUT2D eigenvalue weighted by Gasteiger charge is 2.32. The lowest BCUT2D eigenvalue weighted by molar-refractivity contribution is 0.186. The highest BCUT2D eigenvalue weighted by atomic mass is 32.2. The fourth-order valence-electron chi connectivity index (χ4n) is 3.22. The molecule has 2 aromatic rings. The van der Waals surface area contributed by atoms with Crippen molar-refractivity contribution in [2.45, 2.75) is 29.5 Å². The third-order valence-corrected chi connectivity index (χ3v) is 7.19. The molecule has 1 aliphatic rings. The molecule has 1 N–H and O–H groups in total. The number of ether oxygens (including phenoxy) is 1. The van der Waals surface area contributed by atoms with E-state index >= 15 is 0 Å². The van der Waals surface area contributed by atoms with Crippen LogP contribution in [0.2, 0.25) is 0 Å². The third-order valence-electron chi connectivity index (χ3n) is 4.91. The van der Waals surface area contributed by atoms with Crippen LogP contribution in [0, 0.1) is 5.82 Å². The average molecular weight is 406 g/mol. The average Bonchev–Trinajstić information content (AvgIpc) is 2.73. The summed E-state index contributed by atoms with van der Waals surface area (Å²) < 4.78 is 43.5. The second-order valence-electron chi connectivity index (χ2n) is 6.69. The van der Waals surface area contributed by atoms with Gasteiger partial charge in [-0.3, -0.25) is 0 Å². The minimum Gasteiger partial charge on any atom is -0.497 e. The number of nitrogens with zero attached hydrogens (tertiary/aromatic N) is 1. The van der Waals surface area contributed by atoms with Crippen LogP contribution in [0.4, 0.5) is 9.18 Å². The first-order valence-electron chi connectivity index (χ1n) is 9.05. The summed E-state index contributed by atoms with van der Waals surface area (Å²) in [6, 6.07) is 12.1. The fourth-order valence-corrected chi connectivity index (χ4v) is 4.95. The fraction of sp³-hybridized carbons (Fsp3) is 0.350. The number of methoxy groups -OCH3 is 1. The Morgan fingerprint density at radius 3 is 2.29 bits per heavy atom. The SMILES string of the molecule is COc1ccc(CNC(=O)N2CCC(S(=O)(=O)c3ccc(F)cc3)CC2)cc1. The van der Waals surface area contributed by atoms with Crippen molar-refractivity contribution in [2.24, 2.45) is 0 Å². The van der Waals surface area contributed by atoms with Crippen molar-refractivity contribution >= 4 is 15.9 Å². The quantitative estimate of drug-likeness (QED) is 0.775. The molecule has 0 radical (unpaired) electrons. The predicted molar refractivity (Wildman–Crippen MR) is 103 cm³/mol. The van der Waals surface area contributed by atoms with Crippen LogP contribution >= 0.6 is 0 Å². The van der Waals surface area contributed by atoms with Gasteiger partial charge < -0.3 is 15.0 Å². The summed E-state index contributed by atoms with van der Waals surface area (Å²) in [4.78, 5) is 14.1. The molecule has 8 heteroatoms. The van der Waals surface area contributed by atoms with Gasteiger partial charge in [-0.2, -0.15) is 0 Å². The summed E-state index contributed by atoms with van der Waals surface area (Å²) in [6.07, 6.45) is 0.714. The van der Waals surface area contributed by atoms with Gasteiger partial charge in [0.2, 0.25) is 0 Å². The molecule has 0 unspecified atom stereocenters. The monoisotopic (exact) mass is 406 g/mol. The Bertz CT molecular complexity index is 906. The first-order chi connectivity index (χ1) is 13.4. The number of hydrogen-bond acceptors (Lipinski definition) is 4. The Morgan fingerprint density at radius 1 is 1.11 bits per heavy atom. The van der Waals surface area contributed by atoms with E-state index in [0.717, 1.165) is 23.4 Å². The molecule has 28 heavy (non-hydrogen) atoms. The number of halogens is 1. The maximum absolute atomic E-state index is 13.0. The molecule has 2 amide bonds. The molecule has 0 aromatic heterocycles. The van der Waals surface area contributed by atoms with Gasteiger partial charge in [0.15, 0.2) is 9.84 Å². The topological polar surface area (TPSA) is 75.7 Å². The zero-order valence-corrected chi connectivity index (χ0v) is 16.4. The summed E-state index contributed by atoms with van der Waals surface area (Å²) in [5, 5.41) is 2.29. The number of rotatable bonds is 5. The predicted octanol–water partition coefficient (Wildman–Crippen LogP) is 2.98. The number of benzene rings is 2. The van der Waals surface area contributed by atoms with Gasteiger partial charge in [-0.1, -0.05) is 12.1 Å². The third kappa shape index (κ3) is 4.62. The Kier molecular flexibility index (Phi) is 6.18. The van der Waals surface area contributed by atoms with Crippen molar-refractivity contribution in [3.05, 3.63) is 59.9 Å². The van der Waals surface area contributed by atoms with E-state index in [2.05, 4.69) is 5.32 Å². The van der Waals surface area contributed by atoms with Crippen molar-refractivity contribution in [1.82, 2.24) is 10.2 Å². The van der Waals surface area contributed by atoms with E-state index < -0.39 is 20.9 Å².